The molecule has 0 aliphatic carbocycles. The second-order valence-corrected chi connectivity index (χ2v) is 7.77. The second kappa shape index (κ2) is 8.99. The molecule has 3 aromatic rings. The summed E-state index contributed by atoms with van der Waals surface area (Å²) in [6.07, 6.45) is 1.83. The molecule has 1 aliphatic heterocycles. The standard InChI is InChI=1S/C23H17ClN2O2S/c24-18-9-11-19(12-10-18)25-23-26-22(27)21(29-23)14-17-7-4-8-20(13-17)28-15-16-5-2-1-3-6-16/h1-14H,15H2,(H,25,26,27). The van der Waals surface area contributed by atoms with E-state index in [1.807, 2.05) is 60.7 Å². The molecule has 0 aromatic heterocycles. The highest BCUT2D eigenvalue weighted by molar-refractivity contribution is 8.18. The summed E-state index contributed by atoms with van der Waals surface area (Å²) in [4.78, 5) is 17.3. The van der Waals surface area contributed by atoms with Crippen molar-refractivity contribution in [1.29, 1.82) is 0 Å². The molecule has 1 N–H and O–H groups in total. The lowest BCUT2D eigenvalue weighted by molar-refractivity contribution is -0.115. The highest BCUT2D eigenvalue weighted by atomic mass is 35.5. The molecule has 29 heavy (non-hydrogen) atoms. The third kappa shape index (κ3) is 5.28. The molecular formula is C23H17ClN2O2S. The van der Waals surface area contributed by atoms with Gasteiger partial charge in [-0.25, -0.2) is 4.99 Å². The average Bonchev–Trinajstić information content (AvgIpc) is 3.08. The number of hydrogen-bond donors (Lipinski definition) is 1. The number of rotatable bonds is 5. The molecule has 1 aliphatic rings. The Morgan fingerprint density at radius 1 is 1.00 bits per heavy atom. The maximum Gasteiger partial charge on any atom is 0.264 e. The van der Waals surface area contributed by atoms with E-state index in [-0.39, 0.29) is 5.91 Å². The Bertz CT molecular complexity index is 1080. The monoisotopic (exact) mass is 420 g/mol. The molecule has 4 nitrogen and oxygen atoms in total. The van der Waals surface area contributed by atoms with Gasteiger partial charge in [-0.3, -0.25) is 4.79 Å². The van der Waals surface area contributed by atoms with E-state index in [2.05, 4.69) is 10.3 Å². The van der Waals surface area contributed by atoms with E-state index < -0.39 is 0 Å². The lowest BCUT2D eigenvalue weighted by atomic mass is 10.2. The van der Waals surface area contributed by atoms with E-state index in [1.165, 1.54) is 11.8 Å². The number of hydrogen-bond acceptors (Lipinski definition) is 4. The first kappa shape index (κ1) is 19.3. The van der Waals surface area contributed by atoms with Gasteiger partial charge in [0.2, 0.25) is 0 Å². The summed E-state index contributed by atoms with van der Waals surface area (Å²) in [5, 5.41) is 3.98. The number of carbonyl (C=O) groups is 1. The topological polar surface area (TPSA) is 50.7 Å². The smallest absolute Gasteiger partial charge is 0.264 e. The fraction of sp³-hybridized carbons (Fsp3) is 0.0435. The van der Waals surface area contributed by atoms with Crippen molar-refractivity contribution in [2.24, 2.45) is 4.99 Å². The molecule has 3 aromatic carbocycles. The van der Waals surface area contributed by atoms with Crippen LogP contribution in [0.15, 0.2) is 88.8 Å². The Hall–Kier alpha value is -3.02. The number of benzene rings is 3. The molecule has 4 rings (SSSR count). The van der Waals surface area contributed by atoms with E-state index in [4.69, 9.17) is 16.3 Å². The summed E-state index contributed by atoms with van der Waals surface area (Å²) in [5.41, 5.74) is 2.72. The quantitative estimate of drug-likeness (QED) is 0.530. The number of halogens is 1. The van der Waals surface area contributed by atoms with Crippen molar-refractivity contribution >= 4 is 46.2 Å². The minimum Gasteiger partial charge on any atom is -0.489 e. The molecule has 1 heterocycles. The van der Waals surface area contributed by atoms with Crippen LogP contribution in [0.5, 0.6) is 5.75 Å². The van der Waals surface area contributed by atoms with E-state index in [0.717, 1.165) is 22.6 Å². The summed E-state index contributed by atoms with van der Waals surface area (Å²) in [5.74, 6) is 0.583. The highest BCUT2D eigenvalue weighted by Gasteiger charge is 2.23. The Kier molecular flexibility index (Phi) is 5.98. The molecule has 1 saturated heterocycles. The van der Waals surface area contributed by atoms with Crippen LogP contribution in [0.2, 0.25) is 5.02 Å². The normalized spacial score (nSPS) is 16.2. The van der Waals surface area contributed by atoms with Gasteiger partial charge in [0.1, 0.15) is 12.4 Å². The zero-order valence-corrected chi connectivity index (χ0v) is 16.9. The van der Waals surface area contributed by atoms with E-state index >= 15 is 0 Å². The minimum atomic E-state index is -0.168. The van der Waals surface area contributed by atoms with Gasteiger partial charge in [-0.2, -0.15) is 0 Å². The lowest BCUT2D eigenvalue weighted by Gasteiger charge is -2.07. The van der Waals surface area contributed by atoms with Gasteiger partial charge in [-0.15, -0.1) is 0 Å². The van der Waals surface area contributed by atoms with Gasteiger partial charge in [0.05, 0.1) is 10.6 Å². The Labute approximate surface area is 178 Å². The zero-order valence-electron chi connectivity index (χ0n) is 15.3. The van der Waals surface area contributed by atoms with Gasteiger partial charge in [0.25, 0.3) is 5.91 Å². The second-order valence-electron chi connectivity index (χ2n) is 6.30. The maximum absolute atomic E-state index is 12.3. The first-order chi connectivity index (χ1) is 14.2. The third-order valence-corrected chi connectivity index (χ3v) is 5.27. The summed E-state index contributed by atoms with van der Waals surface area (Å²) in [6, 6.07) is 24.8. The van der Waals surface area contributed by atoms with Gasteiger partial charge >= 0.3 is 0 Å². The van der Waals surface area contributed by atoms with Crippen LogP contribution in [0, 0.1) is 0 Å². The van der Waals surface area contributed by atoms with Crippen LogP contribution >= 0.6 is 23.4 Å². The van der Waals surface area contributed by atoms with Crippen LogP contribution < -0.4 is 10.1 Å². The van der Waals surface area contributed by atoms with Crippen molar-refractivity contribution in [3.63, 3.8) is 0 Å². The molecule has 1 fully saturated rings. The molecule has 0 unspecified atom stereocenters. The molecule has 0 atom stereocenters. The van der Waals surface area contributed by atoms with E-state index in [1.54, 1.807) is 24.3 Å². The minimum absolute atomic E-state index is 0.168. The fourth-order valence-corrected chi connectivity index (χ4v) is 3.67. The van der Waals surface area contributed by atoms with Crippen LogP contribution in [-0.2, 0) is 11.4 Å². The SMILES string of the molecule is O=C1NC(=Nc2ccc(Cl)cc2)SC1=Cc1cccc(OCc2ccccc2)c1. The summed E-state index contributed by atoms with van der Waals surface area (Å²) in [7, 11) is 0. The van der Waals surface area contributed by atoms with Crippen molar-refractivity contribution in [1.82, 2.24) is 5.32 Å². The Morgan fingerprint density at radius 3 is 2.59 bits per heavy atom. The number of amides is 1. The summed E-state index contributed by atoms with van der Waals surface area (Å²) >= 11 is 7.20. The van der Waals surface area contributed by atoms with Gasteiger partial charge in [-0.1, -0.05) is 54.1 Å². The fourth-order valence-electron chi connectivity index (χ4n) is 2.70. The predicted octanol–water partition coefficient (Wildman–Crippen LogP) is 5.81. The molecular weight excluding hydrogens is 404 g/mol. The zero-order chi connectivity index (χ0) is 20.1. The molecule has 0 spiro atoms. The van der Waals surface area contributed by atoms with E-state index in [0.29, 0.717) is 21.7 Å². The van der Waals surface area contributed by atoms with Crippen LogP contribution in [-0.4, -0.2) is 11.1 Å². The number of aliphatic imine (C=N–C) groups is 1. The van der Waals surface area contributed by atoms with Crippen molar-refractivity contribution in [3.05, 3.63) is 99.9 Å². The lowest BCUT2D eigenvalue weighted by Crippen LogP contribution is -2.19. The largest absolute Gasteiger partial charge is 0.489 e. The number of ether oxygens (including phenoxy) is 1. The van der Waals surface area contributed by atoms with Crippen LogP contribution in [0.4, 0.5) is 5.69 Å². The number of nitrogens with zero attached hydrogens (tertiary/aromatic N) is 1. The Balaban J connectivity index is 1.46. The highest BCUT2D eigenvalue weighted by Crippen LogP contribution is 2.29. The number of nitrogens with one attached hydrogen (secondary N) is 1. The predicted molar refractivity (Wildman–Crippen MR) is 119 cm³/mol. The van der Waals surface area contributed by atoms with Crippen molar-refractivity contribution in [2.45, 2.75) is 6.61 Å². The molecule has 6 heteroatoms. The number of carbonyl (C=O) groups excluding carboxylic acids is 1. The van der Waals surface area contributed by atoms with Gasteiger partial charge < -0.3 is 10.1 Å². The molecule has 0 saturated carbocycles. The molecule has 0 radical (unpaired) electrons. The summed E-state index contributed by atoms with van der Waals surface area (Å²) < 4.78 is 5.86. The number of thioether (sulfide) groups is 1. The van der Waals surface area contributed by atoms with E-state index in [9.17, 15) is 4.79 Å². The first-order valence-corrected chi connectivity index (χ1v) is 10.2. The first-order valence-electron chi connectivity index (χ1n) is 8.98. The van der Waals surface area contributed by atoms with Crippen LogP contribution in [0.25, 0.3) is 6.08 Å². The van der Waals surface area contributed by atoms with Crippen LogP contribution in [0.1, 0.15) is 11.1 Å². The van der Waals surface area contributed by atoms with Crippen molar-refractivity contribution < 1.29 is 9.53 Å². The van der Waals surface area contributed by atoms with Gasteiger partial charge in [0, 0.05) is 5.02 Å². The molecule has 1 amide bonds. The number of amidine groups is 1. The van der Waals surface area contributed by atoms with Gasteiger partial charge in [0.15, 0.2) is 5.17 Å². The molecule has 144 valence electrons. The van der Waals surface area contributed by atoms with Crippen LogP contribution in [0.3, 0.4) is 0 Å². The Morgan fingerprint density at radius 2 is 1.79 bits per heavy atom. The third-order valence-electron chi connectivity index (χ3n) is 4.11. The maximum atomic E-state index is 12.3. The average molecular weight is 421 g/mol. The van der Waals surface area contributed by atoms with Crippen molar-refractivity contribution in [2.75, 3.05) is 0 Å². The summed E-state index contributed by atoms with van der Waals surface area (Å²) in [6.45, 7) is 0.494. The molecule has 0 bridgehead atoms. The van der Waals surface area contributed by atoms with Crippen molar-refractivity contribution in [3.8, 4) is 5.75 Å². The van der Waals surface area contributed by atoms with Gasteiger partial charge in [-0.05, 0) is 65.4 Å².